The Morgan fingerprint density at radius 1 is 1.19 bits per heavy atom. The largest absolute Gasteiger partial charge is 0.423 e. The number of rotatable bonds is 7. The molecule has 0 bridgehead atoms. The molecule has 1 amide bonds. The summed E-state index contributed by atoms with van der Waals surface area (Å²) in [6.07, 6.45) is 0.835. The molecule has 2 rings (SSSR count). The summed E-state index contributed by atoms with van der Waals surface area (Å²) in [5.41, 5.74) is 0.651. The summed E-state index contributed by atoms with van der Waals surface area (Å²) in [5, 5.41) is 3.52. The molecule has 2 N–H and O–H groups in total. The number of amides is 1. The minimum Gasteiger partial charge on any atom is -0.423 e. The van der Waals surface area contributed by atoms with E-state index in [1.54, 1.807) is 45.0 Å². The molecule has 1 atom stereocenters. The van der Waals surface area contributed by atoms with Crippen LogP contribution in [0.1, 0.15) is 40.5 Å². The van der Waals surface area contributed by atoms with Gasteiger partial charge in [0.2, 0.25) is 15.9 Å². The maximum atomic E-state index is 12.1. The number of sulfonamides is 1. The molecule has 8 heteroatoms. The lowest BCUT2D eigenvalue weighted by Gasteiger charge is -2.21. The van der Waals surface area contributed by atoms with E-state index in [1.807, 2.05) is 6.92 Å². The summed E-state index contributed by atoms with van der Waals surface area (Å²) in [4.78, 5) is 23.3. The lowest BCUT2D eigenvalue weighted by molar-refractivity contribution is -0.116. The summed E-state index contributed by atoms with van der Waals surface area (Å²) in [5.74, 6) is -0.129. The van der Waals surface area contributed by atoms with Crippen LogP contribution in [-0.2, 0) is 14.8 Å². The Morgan fingerprint density at radius 3 is 2.56 bits per heavy atom. The van der Waals surface area contributed by atoms with Crippen molar-refractivity contribution >= 4 is 32.6 Å². The molecule has 0 spiro atoms. The van der Waals surface area contributed by atoms with Gasteiger partial charge in [-0.15, -0.1) is 0 Å². The Bertz CT molecular complexity index is 973. The normalized spacial score (nSPS) is 13.5. The molecule has 0 fully saturated rings. The van der Waals surface area contributed by atoms with Crippen LogP contribution >= 0.6 is 0 Å². The van der Waals surface area contributed by atoms with Gasteiger partial charge >= 0.3 is 5.63 Å². The van der Waals surface area contributed by atoms with Gasteiger partial charge in [-0.25, -0.2) is 17.9 Å². The fourth-order valence-corrected chi connectivity index (χ4v) is 3.26. The fourth-order valence-electron chi connectivity index (χ4n) is 2.32. The van der Waals surface area contributed by atoms with Crippen molar-refractivity contribution < 1.29 is 17.6 Å². The van der Waals surface area contributed by atoms with Gasteiger partial charge in [0.15, 0.2) is 0 Å². The second-order valence-corrected chi connectivity index (χ2v) is 10.2. The van der Waals surface area contributed by atoms with Crippen molar-refractivity contribution in [3.63, 3.8) is 0 Å². The van der Waals surface area contributed by atoms with Crippen LogP contribution in [0.3, 0.4) is 0 Å². The van der Waals surface area contributed by atoms with Crippen molar-refractivity contribution in [2.45, 2.75) is 45.3 Å². The lowest BCUT2D eigenvalue weighted by atomic mass is 10.1. The van der Waals surface area contributed by atoms with Crippen LogP contribution in [0, 0.1) is 5.92 Å². The smallest absolute Gasteiger partial charge is 0.336 e. The van der Waals surface area contributed by atoms with Gasteiger partial charge in [-0.2, -0.15) is 0 Å². The van der Waals surface area contributed by atoms with Gasteiger partial charge in [0.05, 0.1) is 4.75 Å². The van der Waals surface area contributed by atoms with E-state index in [2.05, 4.69) is 10.0 Å². The average Bonchev–Trinajstić information content (AvgIpc) is 2.57. The Hall–Kier alpha value is -2.19. The quantitative estimate of drug-likeness (QED) is 0.703. The van der Waals surface area contributed by atoms with E-state index in [4.69, 9.17) is 4.42 Å². The SMILES string of the molecule is CC(CCC(=O)Nc1ccc2oc(=O)ccc2c1)CNS(=O)(=O)C(C)(C)C. The standard InChI is InChI=1S/C19H26N2O5S/c1-13(12-20-27(24,25)19(2,3)4)5-9-17(22)21-15-7-8-16-14(11-15)6-10-18(23)26-16/h6-8,10-11,13,20H,5,9,12H2,1-4H3,(H,21,22). The van der Waals surface area contributed by atoms with E-state index in [0.717, 1.165) is 5.39 Å². The molecule has 0 saturated carbocycles. The van der Waals surface area contributed by atoms with Gasteiger partial charge in [-0.3, -0.25) is 4.79 Å². The number of nitrogens with one attached hydrogen (secondary N) is 2. The molecule has 0 aliphatic carbocycles. The van der Waals surface area contributed by atoms with Gasteiger partial charge in [0.1, 0.15) is 5.58 Å². The molecule has 0 aliphatic rings. The fraction of sp³-hybridized carbons (Fsp3) is 0.474. The van der Waals surface area contributed by atoms with Crippen LogP contribution in [0.5, 0.6) is 0 Å². The molecule has 2 aromatic rings. The number of fused-ring (bicyclic) bond motifs is 1. The summed E-state index contributed by atoms with van der Waals surface area (Å²) >= 11 is 0. The summed E-state index contributed by atoms with van der Waals surface area (Å²) in [6.45, 7) is 7.12. The Morgan fingerprint density at radius 2 is 1.89 bits per heavy atom. The van der Waals surface area contributed by atoms with E-state index in [-0.39, 0.29) is 18.2 Å². The first-order chi connectivity index (χ1) is 12.5. The van der Waals surface area contributed by atoms with E-state index in [0.29, 0.717) is 24.2 Å². The minimum absolute atomic E-state index is 0.0266. The number of anilines is 1. The molecule has 148 valence electrons. The molecule has 1 aromatic heterocycles. The van der Waals surface area contributed by atoms with E-state index in [1.165, 1.54) is 6.07 Å². The van der Waals surface area contributed by atoms with E-state index in [9.17, 15) is 18.0 Å². The van der Waals surface area contributed by atoms with Crippen molar-refractivity contribution in [3.05, 3.63) is 40.8 Å². The molecule has 0 radical (unpaired) electrons. The number of hydrogen-bond acceptors (Lipinski definition) is 5. The summed E-state index contributed by atoms with van der Waals surface area (Å²) < 4.78 is 30.9. The maximum Gasteiger partial charge on any atom is 0.336 e. The van der Waals surface area contributed by atoms with Crippen molar-refractivity contribution in [3.8, 4) is 0 Å². The molecule has 1 unspecified atom stereocenters. The molecule has 1 aromatic carbocycles. The minimum atomic E-state index is -3.39. The van der Waals surface area contributed by atoms with Crippen molar-refractivity contribution in [1.29, 1.82) is 0 Å². The monoisotopic (exact) mass is 394 g/mol. The third kappa shape index (κ3) is 5.90. The van der Waals surface area contributed by atoms with Crippen LogP contribution < -0.4 is 15.7 Å². The van der Waals surface area contributed by atoms with Crippen molar-refractivity contribution in [1.82, 2.24) is 4.72 Å². The molecule has 1 heterocycles. The molecule has 0 aliphatic heterocycles. The van der Waals surface area contributed by atoms with E-state index < -0.39 is 20.4 Å². The number of hydrogen-bond donors (Lipinski definition) is 2. The molecule has 0 saturated heterocycles. The second-order valence-electron chi connectivity index (χ2n) is 7.66. The highest BCUT2D eigenvalue weighted by Crippen LogP contribution is 2.18. The third-order valence-corrected chi connectivity index (χ3v) is 6.35. The van der Waals surface area contributed by atoms with Gasteiger partial charge in [0, 0.05) is 30.1 Å². The predicted octanol–water partition coefficient (Wildman–Crippen LogP) is 2.87. The van der Waals surface area contributed by atoms with Crippen LogP contribution in [0.25, 0.3) is 11.0 Å². The van der Waals surface area contributed by atoms with Crippen LogP contribution in [0.15, 0.2) is 39.5 Å². The number of benzene rings is 1. The predicted molar refractivity (Wildman–Crippen MR) is 106 cm³/mol. The van der Waals surface area contributed by atoms with Gasteiger partial charge < -0.3 is 9.73 Å². The lowest BCUT2D eigenvalue weighted by Crippen LogP contribution is -2.41. The highest BCUT2D eigenvalue weighted by atomic mass is 32.2. The summed E-state index contributed by atoms with van der Waals surface area (Å²) in [7, 11) is -3.39. The number of carbonyl (C=O) groups is 1. The van der Waals surface area contributed by atoms with Crippen molar-refractivity contribution in [2.75, 3.05) is 11.9 Å². The van der Waals surface area contributed by atoms with Crippen molar-refractivity contribution in [2.24, 2.45) is 5.92 Å². The second kappa shape index (κ2) is 8.22. The molecule has 7 nitrogen and oxygen atoms in total. The first-order valence-electron chi connectivity index (χ1n) is 8.81. The summed E-state index contributed by atoms with van der Waals surface area (Å²) in [6, 6.07) is 8.01. The highest BCUT2D eigenvalue weighted by Gasteiger charge is 2.28. The average molecular weight is 394 g/mol. The molecular formula is C19H26N2O5S. The topological polar surface area (TPSA) is 105 Å². The number of carbonyl (C=O) groups excluding carboxylic acids is 1. The zero-order valence-electron chi connectivity index (χ0n) is 16.0. The Labute approximate surface area is 159 Å². The Balaban J connectivity index is 1.85. The third-order valence-electron chi connectivity index (χ3n) is 4.20. The van der Waals surface area contributed by atoms with E-state index >= 15 is 0 Å². The molecule has 27 heavy (non-hydrogen) atoms. The molecular weight excluding hydrogens is 368 g/mol. The zero-order chi connectivity index (χ0) is 20.2. The van der Waals surface area contributed by atoms with Crippen LogP contribution in [0.2, 0.25) is 0 Å². The Kier molecular flexibility index (Phi) is 6.43. The van der Waals surface area contributed by atoms with Gasteiger partial charge in [0.25, 0.3) is 0 Å². The van der Waals surface area contributed by atoms with Gasteiger partial charge in [-0.1, -0.05) is 6.92 Å². The highest BCUT2D eigenvalue weighted by molar-refractivity contribution is 7.90. The zero-order valence-corrected chi connectivity index (χ0v) is 16.9. The first kappa shape index (κ1) is 21.1. The van der Waals surface area contributed by atoms with Crippen LogP contribution in [0.4, 0.5) is 5.69 Å². The van der Waals surface area contributed by atoms with Crippen LogP contribution in [-0.4, -0.2) is 25.6 Å². The maximum absolute atomic E-state index is 12.1. The van der Waals surface area contributed by atoms with Gasteiger partial charge in [-0.05, 0) is 57.4 Å². The first-order valence-corrected chi connectivity index (χ1v) is 10.3.